The summed E-state index contributed by atoms with van der Waals surface area (Å²) in [4.78, 5) is 23.4. The Morgan fingerprint density at radius 1 is 1.47 bits per heavy atom. The van der Waals surface area contributed by atoms with Crippen LogP contribution in [0.25, 0.3) is 0 Å². The Morgan fingerprint density at radius 3 is 3.05 bits per heavy atom. The molecule has 1 aliphatic heterocycles. The zero-order chi connectivity index (χ0) is 13.7. The van der Waals surface area contributed by atoms with Crippen LogP contribution >= 0.6 is 0 Å². The van der Waals surface area contributed by atoms with E-state index in [1.807, 2.05) is 0 Å². The second kappa shape index (κ2) is 6.19. The molecule has 1 aliphatic rings. The lowest BCUT2D eigenvalue weighted by atomic mass is 10.2. The summed E-state index contributed by atoms with van der Waals surface area (Å²) < 4.78 is 10.8. The Morgan fingerprint density at radius 2 is 2.32 bits per heavy atom. The summed E-state index contributed by atoms with van der Waals surface area (Å²) in [6.07, 6.45) is 1.30. The molecule has 102 valence electrons. The fourth-order valence-corrected chi connectivity index (χ4v) is 1.91. The van der Waals surface area contributed by atoms with Crippen LogP contribution in [0.2, 0.25) is 0 Å². The third-order valence-electron chi connectivity index (χ3n) is 3.00. The number of hydrogen-bond donors (Lipinski definition) is 1. The smallest absolute Gasteiger partial charge is 0.210 e. The van der Waals surface area contributed by atoms with E-state index < -0.39 is 0 Å². The van der Waals surface area contributed by atoms with Gasteiger partial charge in [-0.3, -0.25) is 9.59 Å². The summed E-state index contributed by atoms with van der Waals surface area (Å²) in [6, 6.07) is 4.41. The minimum absolute atomic E-state index is 0.108. The SMILES string of the molecule is O=Cc1c(O)cccc1OCC1COCCN1C=O. The highest BCUT2D eigenvalue weighted by atomic mass is 16.5. The number of amides is 1. The van der Waals surface area contributed by atoms with E-state index in [9.17, 15) is 14.7 Å². The van der Waals surface area contributed by atoms with Crippen LogP contribution in [0.1, 0.15) is 10.4 Å². The van der Waals surface area contributed by atoms with Crippen molar-refractivity contribution in [1.82, 2.24) is 4.90 Å². The van der Waals surface area contributed by atoms with E-state index >= 15 is 0 Å². The molecule has 0 aliphatic carbocycles. The van der Waals surface area contributed by atoms with Crippen molar-refractivity contribution in [2.75, 3.05) is 26.4 Å². The maximum Gasteiger partial charge on any atom is 0.210 e. The molecular weight excluding hydrogens is 250 g/mol. The van der Waals surface area contributed by atoms with Crippen LogP contribution in [0.4, 0.5) is 0 Å². The van der Waals surface area contributed by atoms with Crippen molar-refractivity contribution in [3.8, 4) is 11.5 Å². The maximum atomic E-state index is 10.9. The lowest BCUT2D eigenvalue weighted by Gasteiger charge is -2.32. The molecule has 1 aromatic rings. The molecule has 6 heteroatoms. The Kier molecular flexibility index (Phi) is 4.35. The first-order valence-corrected chi connectivity index (χ1v) is 5.95. The minimum atomic E-state index is -0.187. The number of aldehydes is 1. The number of ether oxygens (including phenoxy) is 2. The number of phenolic OH excluding ortho intramolecular Hbond substituents is 1. The largest absolute Gasteiger partial charge is 0.507 e. The lowest BCUT2D eigenvalue weighted by Crippen LogP contribution is -2.47. The monoisotopic (exact) mass is 265 g/mol. The average molecular weight is 265 g/mol. The van der Waals surface area contributed by atoms with Gasteiger partial charge < -0.3 is 19.5 Å². The fourth-order valence-electron chi connectivity index (χ4n) is 1.91. The van der Waals surface area contributed by atoms with E-state index in [2.05, 4.69) is 0 Å². The van der Waals surface area contributed by atoms with Gasteiger partial charge in [-0.15, -0.1) is 0 Å². The van der Waals surface area contributed by atoms with Crippen LogP contribution in [0.3, 0.4) is 0 Å². The number of hydrogen-bond acceptors (Lipinski definition) is 5. The third kappa shape index (κ3) is 3.03. The Labute approximate surface area is 110 Å². The van der Waals surface area contributed by atoms with Gasteiger partial charge in [0.1, 0.15) is 18.1 Å². The highest BCUT2D eigenvalue weighted by Gasteiger charge is 2.22. The molecular formula is C13H15NO5. The van der Waals surface area contributed by atoms with Crippen LogP contribution in [-0.2, 0) is 9.53 Å². The van der Waals surface area contributed by atoms with Crippen molar-refractivity contribution in [3.05, 3.63) is 23.8 Å². The number of rotatable bonds is 5. The van der Waals surface area contributed by atoms with Crippen LogP contribution < -0.4 is 4.74 Å². The van der Waals surface area contributed by atoms with Gasteiger partial charge in [0.15, 0.2) is 6.29 Å². The second-order valence-electron chi connectivity index (χ2n) is 4.19. The summed E-state index contributed by atoms with van der Waals surface area (Å²) in [5, 5.41) is 9.52. The van der Waals surface area contributed by atoms with Crippen molar-refractivity contribution in [3.63, 3.8) is 0 Å². The molecule has 19 heavy (non-hydrogen) atoms. The molecule has 1 N–H and O–H groups in total. The van der Waals surface area contributed by atoms with Crippen molar-refractivity contribution in [2.45, 2.75) is 6.04 Å². The molecule has 1 aromatic carbocycles. The van der Waals surface area contributed by atoms with Crippen LogP contribution in [-0.4, -0.2) is 55.1 Å². The molecule has 2 rings (SSSR count). The zero-order valence-corrected chi connectivity index (χ0v) is 10.3. The summed E-state index contributed by atoms with van der Waals surface area (Å²) in [7, 11) is 0. The molecule has 0 radical (unpaired) electrons. The molecule has 0 spiro atoms. The average Bonchev–Trinajstić information content (AvgIpc) is 2.45. The van der Waals surface area contributed by atoms with E-state index in [4.69, 9.17) is 9.47 Å². The Hall–Kier alpha value is -2.08. The number of benzene rings is 1. The molecule has 0 bridgehead atoms. The van der Waals surface area contributed by atoms with E-state index in [1.54, 1.807) is 17.0 Å². The van der Waals surface area contributed by atoms with Crippen LogP contribution in [0, 0.1) is 0 Å². The normalized spacial score (nSPS) is 18.9. The predicted octanol–water partition coefficient (Wildman–Crippen LogP) is 0.441. The predicted molar refractivity (Wildman–Crippen MR) is 66.4 cm³/mol. The first kappa shape index (κ1) is 13.4. The number of carbonyl (C=O) groups is 2. The molecule has 0 saturated carbocycles. The van der Waals surface area contributed by atoms with E-state index in [-0.39, 0.29) is 24.0 Å². The molecule has 1 saturated heterocycles. The topological polar surface area (TPSA) is 76.1 Å². The van der Waals surface area contributed by atoms with Crippen LogP contribution in [0.5, 0.6) is 11.5 Å². The van der Waals surface area contributed by atoms with Gasteiger partial charge in [-0.25, -0.2) is 0 Å². The van der Waals surface area contributed by atoms with Gasteiger partial charge in [0.25, 0.3) is 0 Å². The van der Waals surface area contributed by atoms with E-state index in [0.29, 0.717) is 31.8 Å². The lowest BCUT2D eigenvalue weighted by molar-refractivity contribution is -0.127. The highest BCUT2D eigenvalue weighted by molar-refractivity contribution is 5.83. The fraction of sp³-hybridized carbons (Fsp3) is 0.385. The maximum absolute atomic E-state index is 10.9. The highest BCUT2D eigenvalue weighted by Crippen LogP contribution is 2.25. The van der Waals surface area contributed by atoms with Crippen molar-refractivity contribution in [2.24, 2.45) is 0 Å². The van der Waals surface area contributed by atoms with Crippen LogP contribution in [0.15, 0.2) is 18.2 Å². The van der Waals surface area contributed by atoms with Gasteiger partial charge in [0, 0.05) is 6.54 Å². The first-order chi connectivity index (χ1) is 9.26. The standard InChI is InChI=1S/C13H15NO5/c15-6-11-12(17)2-1-3-13(11)19-8-10-7-18-5-4-14(10)9-16/h1-3,6,9-10,17H,4-5,7-8H2. The van der Waals surface area contributed by atoms with Crippen molar-refractivity contribution in [1.29, 1.82) is 0 Å². The number of morpholine rings is 1. The summed E-state index contributed by atoms with van der Waals surface area (Å²) in [5.74, 6) is 0.172. The van der Waals surface area contributed by atoms with Gasteiger partial charge in [-0.2, -0.15) is 0 Å². The minimum Gasteiger partial charge on any atom is -0.507 e. The molecule has 0 aromatic heterocycles. The van der Waals surface area contributed by atoms with Gasteiger partial charge in [0.2, 0.25) is 6.41 Å². The Balaban J connectivity index is 2.03. The first-order valence-electron chi connectivity index (χ1n) is 5.95. The summed E-state index contributed by atoms with van der Waals surface area (Å²) >= 11 is 0. The number of aromatic hydroxyl groups is 1. The van der Waals surface area contributed by atoms with E-state index in [1.165, 1.54) is 6.07 Å². The quantitative estimate of drug-likeness (QED) is 0.782. The molecule has 1 atom stereocenters. The van der Waals surface area contributed by atoms with Crippen molar-refractivity contribution >= 4 is 12.7 Å². The van der Waals surface area contributed by atoms with E-state index in [0.717, 1.165) is 6.41 Å². The molecule has 1 fully saturated rings. The van der Waals surface area contributed by atoms with Gasteiger partial charge in [-0.05, 0) is 12.1 Å². The zero-order valence-electron chi connectivity index (χ0n) is 10.3. The van der Waals surface area contributed by atoms with Crippen molar-refractivity contribution < 1.29 is 24.2 Å². The number of carbonyl (C=O) groups excluding carboxylic acids is 2. The number of nitrogens with zero attached hydrogens (tertiary/aromatic N) is 1. The van der Waals surface area contributed by atoms with Gasteiger partial charge in [-0.1, -0.05) is 6.07 Å². The second-order valence-corrected chi connectivity index (χ2v) is 4.19. The third-order valence-corrected chi connectivity index (χ3v) is 3.00. The molecule has 6 nitrogen and oxygen atoms in total. The molecule has 1 unspecified atom stereocenters. The number of phenols is 1. The summed E-state index contributed by atoms with van der Waals surface area (Å²) in [6.45, 7) is 1.65. The molecule has 1 heterocycles. The molecule has 1 amide bonds. The van der Waals surface area contributed by atoms with Gasteiger partial charge >= 0.3 is 0 Å². The summed E-state index contributed by atoms with van der Waals surface area (Å²) in [5.41, 5.74) is 0.108. The van der Waals surface area contributed by atoms with Gasteiger partial charge in [0.05, 0.1) is 24.8 Å². The Bertz CT molecular complexity index is 462.